The van der Waals surface area contributed by atoms with E-state index in [1.54, 1.807) is 0 Å². The van der Waals surface area contributed by atoms with Gasteiger partial charge in [-0.1, -0.05) is 0 Å². The van der Waals surface area contributed by atoms with E-state index in [0.717, 1.165) is 0 Å². The molecule has 0 saturated carbocycles. The number of nitrogens with zero attached hydrogens (tertiary/aromatic N) is 1. The monoisotopic (exact) mass is 339 g/mol. The minimum atomic E-state index is -5.28. The Morgan fingerprint density at radius 1 is 1.19 bits per heavy atom. The topological polar surface area (TPSA) is 108 Å². The van der Waals surface area contributed by atoms with Gasteiger partial charge in [0, 0.05) is 12.6 Å². The average molecular weight is 339 g/mol. The predicted molar refractivity (Wildman–Crippen MR) is 55.2 cm³/mol. The van der Waals surface area contributed by atoms with E-state index in [9.17, 15) is 34.8 Å². The van der Waals surface area contributed by atoms with Gasteiger partial charge in [0.05, 0.1) is 11.3 Å². The summed E-state index contributed by atoms with van der Waals surface area (Å²) in [6, 6.07) is -0.0647. The number of hydrogen-bond donors (Lipinski definition) is 2. The van der Waals surface area contributed by atoms with E-state index in [1.807, 2.05) is 0 Å². The van der Waals surface area contributed by atoms with Gasteiger partial charge in [0.25, 0.3) is 0 Å². The van der Waals surface area contributed by atoms with Gasteiger partial charge in [-0.05, 0) is 0 Å². The molecule has 1 rings (SSSR count). The minimum Gasteiger partial charge on any atom is -0.388 e. The highest BCUT2D eigenvalue weighted by molar-refractivity contribution is 7.89. The third-order valence-electron chi connectivity index (χ3n) is 2.04. The van der Waals surface area contributed by atoms with Gasteiger partial charge in [-0.25, -0.2) is 18.5 Å². The first-order chi connectivity index (χ1) is 9.25. The van der Waals surface area contributed by atoms with Crippen molar-refractivity contribution in [3.8, 4) is 5.88 Å². The van der Waals surface area contributed by atoms with Crippen LogP contribution >= 0.6 is 0 Å². The van der Waals surface area contributed by atoms with Crippen LogP contribution in [0.2, 0.25) is 0 Å². The zero-order valence-electron chi connectivity index (χ0n) is 9.79. The van der Waals surface area contributed by atoms with E-state index in [-0.39, 0.29) is 6.07 Å². The lowest BCUT2D eigenvalue weighted by atomic mass is 10.2. The average Bonchev–Trinajstić information content (AvgIpc) is 2.22. The number of pyridine rings is 1. The molecule has 0 unspecified atom stereocenters. The first-order valence-electron chi connectivity index (χ1n) is 4.85. The second kappa shape index (κ2) is 5.31. The standard InChI is InChI=1S/C8H7F6N3O3S/c9-7(10,11)6-3(2-15)17-5(20-8(12,13)14)1-4(6)21(16,18)19/h1H,2,15H2,(H2,16,18,19). The smallest absolute Gasteiger partial charge is 0.388 e. The highest BCUT2D eigenvalue weighted by Crippen LogP contribution is 2.38. The fourth-order valence-corrected chi connectivity index (χ4v) is 2.18. The normalized spacial score (nSPS) is 13.3. The molecule has 0 aliphatic carbocycles. The number of alkyl halides is 6. The number of rotatable bonds is 3. The van der Waals surface area contributed by atoms with Crippen molar-refractivity contribution >= 4 is 10.0 Å². The van der Waals surface area contributed by atoms with Crippen molar-refractivity contribution in [2.45, 2.75) is 24.0 Å². The molecule has 0 fully saturated rings. The molecule has 6 nitrogen and oxygen atoms in total. The van der Waals surface area contributed by atoms with E-state index < -0.39 is 51.1 Å². The molecule has 0 atom stereocenters. The second-order valence-electron chi connectivity index (χ2n) is 3.58. The minimum absolute atomic E-state index is 0.0647. The van der Waals surface area contributed by atoms with Crippen LogP contribution in [-0.4, -0.2) is 19.8 Å². The van der Waals surface area contributed by atoms with Crippen LogP contribution < -0.4 is 15.6 Å². The van der Waals surface area contributed by atoms with Crippen LogP contribution in [0, 0.1) is 0 Å². The Balaban J connectivity index is 3.67. The van der Waals surface area contributed by atoms with Gasteiger partial charge in [0.1, 0.15) is 4.90 Å². The van der Waals surface area contributed by atoms with E-state index >= 15 is 0 Å². The van der Waals surface area contributed by atoms with Crippen LogP contribution in [-0.2, 0) is 22.7 Å². The summed E-state index contributed by atoms with van der Waals surface area (Å²) in [5.74, 6) is -1.42. The fraction of sp³-hybridized carbons (Fsp3) is 0.375. The van der Waals surface area contributed by atoms with E-state index in [4.69, 9.17) is 5.73 Å². The van der Waals surface area contributed by atoms with Crippen molar-refractivity contribution in [3.05, 3.63) is 17.3 Å². The Morgan fingerprint density at radius 2 is 1.71 bits per heavy atom. The van der Waals surface area contributed by atoms with Crippen LogP contribution in [0.4, 0.5) is 26.3 Å². The van der Waals surface area contributed by atoms with Crippen molar-refractivity contribution in [1.82, 2.24) is 4.98 Å². The van der Waals surface area contributed by atoms with Gasteiger partial charge in [-0.2, -0.15) is 13.2 Å². The van der Waals surface area contributed by atoms with Crippen molar-refractivity contribution < 1.29 is 39.5 Å². The first kappa shape index (κ1) is 17.5. The molecular weight excluding hydrogens is 332 g/mol. The highest BCUT2D eigenvalue weighted by atomic mass is 32.2. The lowest BCUT2D eigenvalue weighted by molar-refractivity contribution is -0.276. The summed E-state index contributed by atoms with van der Waals surface area (Å²) in [6.45, 7) is -0.980. The summed E-state index contributed by atoms with van der Waals surface area (Å²) >= 11 is 0. The SMILES string of the molecule is NCc1nc(OC(F)(F)F)cc(S(N)(=O)=O)c1C(F)(F)F. The Labute approximate surface area is 113 Å². The third-order valence-corrected chi connectivity index (χ3v) is 2.97. The molecule has 1 aromatic rings. The number of nitrogens with two attached hydrogens (primary N) is 2. The van der Waals surface area contributed by atoms with Gasteiger partial charge in [0.15, 0.2) is 0 Å². The first-order valence-corrected chi connectivity index (χ1v) is 6.40. The van der Waals surface area contributed by atoms with E-state index in [2.05, 4.69) is 14.9 Å². The van der Waals surface area contributed by atoms with Crippen molar-refractivity contribution in [1.29, 1.82) is 0 Å². The summed E-state index contributed by atoms with van der Waals surface area (Å²) in [5, 5.41) is 4.58. The number of aromatic nitrogens is 1. The van der Waals surface area contributed by atoms with E-state index in [1.165, 1.54) is 0 Å². The fourth-order valence-electron chi connectivity index (χ4n) is 1.39. The Kier molecular flexibility index (Phi) is 4.41. The van der Waals surface area contributed by atoms with Crippen molar-refractivity contribution in [2.24, 2.45) is 10.9 Å². The van der Waals surface area contributed by atoms with Crippen LogP contribution in [0.1, 0.15) is 11.3 Å². The molecule has 21 heavy (non-hydrogen) atoms. The number of ether oxygens (including phenoxy) is 1. The summed E-state index contributed by atoms with van der Waals surface area (Å²) in [7, 11) is -4.99. The maximum atomic E-state index is 12.8. The molecule has 1 heterocycles. The van der Waals surface area contributed by atoms with Crippen LogP contribution in [0.25, 0.3) is 0 Å². The van der Waals surface area contributed by atoms with Crippen LogP contribution in [0.3, 0.4) is 0 Å². The molecule has 0 amide bonds. The lowest BCUT2D eigenvalue weighted by Crippen LogP contribution is -2.25. The summed E-state index contributed by atoms with van der Waals surface area (Å²) < 4.78 is 100. The van der Waals surface area contributed by atoms with Gasteiger partial charge < -0.3 is 10.5 Å². The van der Waals surface area contributed by atoms with Gasteiger partial charge in [-0.3, -0.25) is 0 Å². The number of halogens is 6. The Bertz CT molecular complexity index is 640. The van der Waals surface area contributed by atoms with Crippen LogP contribution in [0.15, 0.2) is 11.0 Å². The third kappa shape index (κ3) is 4.44. The highest BCUT2D eigenvalue weighted by Gasteiger charge is 2.41. The lowest BCUT2D eigenvalue weighted by Gasteiger charge is -2.17. The van der Waals surface area contributed by atoms with Gasteiger partial charge in [0.2, 0.25) is 15.9 Å². The number of hydrogen-bond acceptors (Lipinski definition) is 5. The predicted octanol–water partition coefficient (Wildman–Crippen LogP) is 1.11. The van der Waals surface area contributed by atoms with Gasteiger partial charge >= 0.3 is 12.5 Å². The molecule has 0 spiro atoms. The van der Waals surface area contributed by atoms with E-state index in [0.29, 0.717) is 0 Å². The van der Waals surface area contributed by atoms with Crippen molar-refractivity contribution in [2.75, 3.05) is 0 Å². The zero-order valence-corrected chi connectivity index (χ0v) is 10.6. The second-order valence-corrected chi connectivity index (χ2v) is 5.10. The van der Waals surface area contributed by atoms with Crippen molar-refractivity contribution in [3.63, 3.8) is 0 Å². The largest absolute Gasteiger partial charge is 0.574 e. The number of primary sulfonamides is 1. The quantitative estimate of drug-likeness (QED) is 0.802. The summed E-state index contributed by atoms with van der Waals surface area (Å²) in [5.41, 5.74) is 1.98. The van der Waals surface area contributed by atoms with Crippen LogP contribution in [0.5, 0.6) is 5.88 Å². The molecule has 0 saturated heterocycles. The summed E-state index contributed by atoms with van der Waals surface area (Å²) in [6.07, 6.45) is -10.5. The molecule has 0 aliphatic heterocycles. The maximum Gasteiger partial charge on any atom is 0.574 e. The molecular formula is C8H7F6N3O3S. The molecule has 0 aliphatic rings. The summed E-state index contributed by atoms with van der Waals surface area (Å²) in [4.78, 5) is 1.30. The molecule has 4 N–H and O–H groups in total. The Morgan fingerprint density at radius 3 is 2.05 bits per heavy atom. The van der Waals surface area contributed by atoms with Gasteiger partial charge in [-0.15, -0.1) is 13.2 Å². The number of sulfonamides is 1. The molecule has 0 bridgehead atoms. The molecule has 1 aromatic heterocycles. The molecule has 0 radical (unpaired) electrons. The molecule has 120 valence electrons. The molecule has 0 aromatic carbocycles. The zero-order chi connectivity index (χ0) is 16.6. The Hall–Kier alpha value is -1.60. The maximum absolute atomic E-state index is 12.8. The molecule has 13 heteroatoms.